The van der Waals surface area contributed by atoms with Gasteiger partial charge in [0.25, 0.3) is 0 Å². The van der Waals surface area contributed by atoms with Crippen LogP contribution >= 0.6 is 0 Å². The van der Waals surface area contributed by atoms with E-state index in [1.807, 2.05) is 23.1 Å². The standard InChI is InChI=1S/C9H15N3/c10-8-9(2-3-9)4-7-12-6-1-5-11-12/h1,5-6H,2-4,7-8,10H2. The number of rotatable bonds is 4. The second-order valence-corrected chi connectivity index (χ2v) is 3.72. The van der Waals surface area contributed by atoms with Crippen LogP contribution in [0.3, 0.4) is 0 Å². The van der Waals surface area contributed by atoms with Gasteiger partial charge in [0.1, 0.15) is 0 Å². The maximum atomic E-state index is 5.68. The van der Waals surface area contributed by atoms with Crippen LogP contribution in [0.2, 0.25) is 0 Å². The van der Waals surface area contributed by atoms with Gasteiger partial charge in [-0.25, -0.2) is 0 Å². The fourth-order valence-corrected chi connectivity index (χ4v) is 1.52. The minimum Gasteiger partial charge on any atom is -0.330 e. The summed E-state index contributed by atoms with van der Waals surface area (Å²) in [7, 11) is 0. The molecule has 3 heteroatoms. The summed E-state index contributed by atoms with van der Waals surface area (Å²) < 4.78 is 1.98. The number of hydrogen-bond donors (Lipinski definition) is 1. The molecule has 0 spiro atoms. The van der Waals surface area contributed by atoms with Gasteiger partial charge in [0.15, 0.2) is 0 Å². The summed E-state index contributed by atoms with van der Waals surface area (Å²) in [4.78, 5) is 0. The van der Waals surface area contributed by atoms with Crippen LogP contribution in [-0.4, -0.2) is 16.3 Å². The molecule has 1 aliphatic rings. The van der Waals surface area contributed by atoms with Crippen molar-refractivity contribution in [1.29, 1.82) is 0 Å². The number of nitrogens with two attached hydrogens (primary N) is 1. The minimum atomic E-state index is 0.478. The van der Waals surface area contributed by atoms with E-state index in [0.717, 1.165) is 13.1 Å². The molecule has 0 amide bonds. The normalized spacial score (nSPS) is 19.4. The summed E-state index contributed by atoms with van der Waals surface area (Å²) in [5.41, 5.74) is 6.16. The van der Waals surface area contributed by atoms with Gasteiger partial charge in [0.05, 0.1) is 0 Å². The predicted octanol–water partition coefficient (Wildman–Crippen LogP) is 1.01. The summed E-state index contributed by atoms with van der Waals surface area (Å²) in [6.45, 7) is 1.86. The maximum Gasteiger partial charge on any atom is 0.0489 e. The molecule has 3 nitrogen and oxygen atoms in total. The van der Waals surface area contributed by atoms with E-state index < -0.39 is 0 Å². The van der Waals surface area contributed by atoms with Crippen LogP contribution in [0.5, 0.6) is 0 Å². The van der Waals surface area contributed by atoms with Crippen LogP contribution in [0.1, 0.15) is 19.3 Å². The van der Waals surface area contributed by atoms with Crippen molar-refractivity contribution < 1.29 is 0 Å². The monoisotopic (exact) mass is 165 g/mol. The zero-order valence-corrected chi connectivity index (χ0v) is 7.24. The number of aryl methyl sites for hydroxylation is 1. The van der Waals surface area contributed by atoms with Gasteiger partial charge in [0.2, 0.25) is 0 Å². The highest BCUT2D eigenvalue weighted by Crippen LogP contribution is 2.47. The predicted molar refractivity (Wildman–Crippen MR) is 47.6 cm³/mol. The molecule has 0 unspecified atom stereocenters. The third-order valence-electron chi connectivity index (χ3n) is 2.82. The third kappa shape index (κ3) is 1.50. The Morgan fingerprint density at radius 1 is 1.50 bits per heavy atom. The summed E-state index contributed by atoms with van der Waals surface area (Å²) >= 11 is 0. The lowest BCUT2D eigenvalue weighted by Gasteiger charge is -2.11. The van der Waals surface area contributed by atoms with E-state index in [1.165, 1.54) is 19.3 Å². The first-order valence-corrected chi connectivity index (χ1v) is 4.52. The summed E-state index contributed by atoms with van der Waals surface area (Å²) in [6.07, 6.45) is 7.63. The Labute approximate surface area is 72.6 Å². The maximum absolute atomic E-state index is 5.68. The Kier molecular flexibility index (Phi) is 1.89. The smallest absolute Gasteiger partial charge is 0.0489 e. The Hall–Kier alpha value is -0.830. The number of aromatic nitrogens is 2. The fraction of sp³-hybridized carbons (Fsp3) is 0.667. The van der Waals surface area contributed by atoms with E-state index in [1.54, 1.807) is 0 Å². The van der Waals surface area contributed by atoms with Gasteiger partial charge in [-0.3, -0.25) is 4.68 Å². The van der Waals surface area contributed by atoms with Crippen LogP contribution in [0.4, 0.5) is 0 Å². The zero-order chi connectivity index (χ0) is 8.44. The van der Waals surface area contributed by atoms with E-state index in [0.29, 0.717) is 5.41 Å². The molecule has 1 fully saturated rings. The van der Waals surface area contributed by atoms with Gasteiger partial charge in [-0.2, -0.15) is 5.10 Å². The fourth-order valence-electron chi connectivity index (χ4n) is 1.52. The molecule has 1 heterocycles. The average molecular weight is 165 g/mol. The van der Waals surface area contributed by atoms with E-state index in [2.05, 4.69) is 5.10 Å². The molecule has 1 aromatic heterocycles. The van der Waals surface area contributed by atoms with Crippen LogP contribution in [0, 0.1) is 5.41 Å². The summed E-state index contributed by atoms with van der Waals surface area (Å²) in [6, 6.07) is 1.96. The molecule has 0 radical (unpaired) electrons. The molecular formula is C9H15N3. The molecule has 2 N–H and O–H groups in total. The van der Waals surface area contributed by atoms with Crippen molar-refractivity contribution in [3.8, 4) is 0 Å². The van der Waals surface area contributed by atoms with Crippen LogP contribution < -0.4 is 5.73 Å². The lowest BCUT2D eigenvalue weighted by Crippen LogP contribution is -2.17. The van der Waals surface area contributed by atoms with Gasteiger partial charge in [0, 0.05) is 18.9 Å². The Balaban J connectivity index is 1.83. The highest BCUT2D eigenvalue weighted by atomic mass is 15.3. The molecule has 0 bridgehead atoms. The van der Waals surface area contributed by atoms with Gasteiger partial charge in [-0.15, -0.1) is 0 Å². The molecule has 0 saturated heterocycles. The Bertz CT molecular complexity index is 236. The van der Waals surface area contributed by atoms with Crippen molar-refractivity contribution in [2.45, 2.75) is 25.8 Å². The zero-order valence-electron chi connectivity index (χ0n) is 7.24. The Morgan fingerprint density at radius 3 is 2.83 bits per heavy atom. The molecule has 1 aliphatic carbocycles. The van der Waals surface area contributed by atoms with E-state index >= 15 is 0 Å². The molecule has 66 valence electrons. The first kappa shape index (κ1) is 7.80. The quantitative estimate of drug-likeness (QED) is 0.723. The highest BCUT2D eigenvalue weighted by Gasteiger charge is 2.40. The van der Waals surface area contributed by atoms with Crippen molar-refractivity contribution in [3.63, 3.8) is 0 Å². The van der Waals surface area contributed by atoms with Gasteiger partial charge in [-0.1, -0.05) is 0 Å². The van der Waals surface area contributed by atoms with Crippen molar-refractivity contribution >= 4 is 0 Å². The van der Waals surface area contributed by atoms with E-state index in [4.69, 9.17) is 5.73 Å². The third-order valence-corrected chi connectivity index (χ3v) is 2.82. The van der Waals surface area contributed by atoms with Crippen LogP contribution in [0.15, 0.2) is 18.5 Å². The first-order valence-electron chi connectivity index (χ1n) is 4.52. The average Bonchev–Trinajstić information content (AvgIpc) is 2.70. The second-order valence-electron chi connectivity index (χ2n) is 3.72. The molecule has 0 aromatic carbocycles. The molecule has 2 rings (SSSR count). The lowest BCUT2D eigenvalue weighted by atomic mass is 10.0. The number of nitrogens with zero attached hydrogens (tertiary/aromatic N) is 2. The minimum absolute atomic E-state index is 0.478. The molecular weight excluding hydrogens is 150 g/mol. The molecule has 1 saturated carbocycles. The second kappa shape index (κ2) is 2.90. The van der Waals surface area contributed by atoms with Crippen molar-refractivity contribution in [2.75, 3.05) is 6.54 Å². The largest absolute Gasteiger partial charge is 0.330 e. The van der Waals surface area contributed by atoms with Crippen molar-refractivity contribution in [2.24, 2.45) is 11.1 Å². The Morgan fingerprint density at radius 2 is 2.33 bits per heavy atom. The van der Waals surface area contributed by atoms with Crippen LogP contribution in [-0.2, 0) is 6.54 Å². The molecule has 0 aliphatic heterocycles. The first-order chi connectivity index (χ1) is 5.85. The van der Waals surface area contributed by atoms with Crippen molar-refractivity contribution in [3.05, 3.63) is 18.5 Å². The van der Waals surface area contributed by atoms with E-state index in [-0.39, 0.29) is 0 Å². The molecule has 0 atom stereocenters. The summed E-state index contributed by atoms with van der Waals surface area (Å²) in [5.74, 6) is 0. The van der Waals surface area contributed by atoms with Gasteiger partial charge < -0.3 is 5.73 Å². The highest BCUT2D eigenvalue weighted by molar-refractivity contribution is 4.93. The SMILES string of the molecule is NCC1(CCn2cccn2)CC1. The topological polar surface area (TPSA) is 43.8 Å². The molecule has 1 aromatic rings. The lowest BCUT2D eigenvalue weighted by molar-refractivity contribution is 0.419. The molecule has 12 heavy (non-hydrogen) atoms. The van der Waals surface area contributed by atoms with Gasteiger partial charge in [-0.05, 0) is 37.3 Å². The summed E-state index contributed by atoms with van der Waals surface area (Å²) in [5, 5.41) is 4.16. The number of hydrogen-bond acceptors (Lipinski definition) is 2. The van der Waals surface area contributed by atoms with Crippen molar-refractivity contribution in [1.82, 2.24) is 9.78 Å². The van der Waals surface area contributed by atoms with E-state index in [9.17, 15) is 0 Å². The van der Waals surface area contributed by atoms with Gasteiger partial charge >= 0.3 is 0 Å². The van der Waals surface area contributed by atoms with Crippen LogP contribution in [0.25, 0.3) is 0 Å².